The van der Waals surface area contributed by atoms with E-state index in [4.69, 9.17) is 17.3 Å². The molecule has 26 heavy (non-hydrogen) atoms. The Labute approximate surface area is 153 Å². The standard InChI is InChI=1S/C19H17ClF4N2/c20-11-9-14-12(5-3-4-8-25)17(13-6-1-2-7-16(13)21)26-18(14)15(10-11)19(22,23)24/h1-2,6-7,9-10,26H,3-5,8,25H2. The first-order valence-corrected chi connectivity index (χ1v) is 8.57. The molecule has 3 N–H and O–H groups in total. The fraction of sp³-hybridized carbons (Fsp3) is 0.263. The van der Waals surface area contributed by atoms with Crippen molar-refractivity contribution in [1.82, 2.24) is 4.98 Å². The van der Waals surface area contributed by atoms with Gasteiger partial charge in [0.05, 0.1) is 16.8 Å². The fourth-order valence-electron chi connectivity index (χ4n) is 3.14. The van der Waals surface area contributed by atoms with Crippen molar-refractivity contribution in [3.63, 3.8) is 0 Å². The van der Waals surface area contributed by atoms with Gasteiger partial charge in [-0.2, -0.15) is 13.2 Å². The summed E-state index contributed by atoms with van der Waals surface area (Å²) in [6.45, 7) is 0.478. The molecule has 0 spiro atoms. The zero-order valence-corrected chi connectivity index (χ0v) is 14.5. The normalized spacial score (nSPS) is 12.1. The van der Waals surface area contributed by atoms with Crippen LogP contribution in [0.4, 0.5) is 17.6 Å². The van der Waals surface area contributed by atoms with E-state index in [2.05, 4.69) is 4.98 Å². The highest BCUT2D eigenvalue weighted by atomic mass is 35.5. The molecular formula is C19H17ClF4N2. The molecule has 0 saturated heterocycles. The molecular weight excluding hydrogens is 368 g/mol. The molecule has 0 fully saturated rings. The number of rotatable bonds is 5. The average molecular weight is 385 g/mol. The van der Waals surface area contributed by atoms with E-state index in [1.165, 1.54) is 18.2 Å². The summed E-state index contributed by atoms with van der Waals surface area (Å²) in [6, 6.07) is 8.38. The topological polar surface area (TPSA) is 41.8 Å². The SMILES string of the molecule is NCCCCc1c(-c2ccccc2F)[nH]c2c(C(F)(F)F)cc(Cl)cc12. The maximum absolute atomic E-state index is 14.3. The van der Waals surface area contributed by atoms with Crippen LogP contribution in [0.3, 0.4) is 0 Å². The minimum Gasteiger partial charge on any atom is -0.354 e. The van der Waals surface area contributed by atoms with Gasteiger partial charge in [-0.25, -0.2) is 4.39 Å². The third-order valence-corrected chi connectivity index (χ3v) is 4.53. The number of nitrogens with one attached hydrogen (secondary N) is 1. The summed E-state index contributed by atoms with van der Waals surface area (Å²) in [5.41, 5.74) is 5.78. The van der Waals surface area contributed by atoms with Crippen LogP contribution >= 0.6 is 11.6 Å². The third kappa shape index (κ3) is 3.57. The number of alkyl halides is 3. The number of unbranched alkanes of at least 4 members (excludes halogenated alkanes) is 1. The Hall–Kier alpha value is -2.05. The van der Waals surface area contributed by atoms with E-state index in [0.29, 0.717) is 36.0 Å². The molecule has 0 bridgehead atoms. The molecule has 0 unspecified atom stereocenters. The molecule has 2 aromatic carbocycles. The lowest BCUT2D eigenvalue weighted by atomic mass is 9.99. The number of aromatic nitrogens is 1. The highest BCUT2D eigenvalue weighted by Gasteiger charge is 2.34. The first-order valence-electron chi connectivity index (χ1n) is 8.19. The summed E-state index contributed by atoms with van der Waals surface area (Å²) >= 11 is 5.94. The molecule has 3 aromatic rings. The fourth-order valence-corrected chi connectivity index (χ4v) is 3.36. The zero-order valence-electron chi connectivity index (χ0n) is 13.8. The molecule has 1 aromatic heterocycles. The van der Waals surface area contributed by atoms with Crippen molar-refractivity contribution < 1.29 is 17.6 Å². The predicted octanol–water partition coefficient (Wildman–Crippen LogP) is 5.93. The molecule has 1 heterocycles. The number of nitrogens with two attached hydrogens (primary N) is 1. The van der Waals surface area contributed by atoms with Crippen LogP contribution in [0.15, 0.2) is 36.4 Å². The van der Waals surface area contributed by atoms with Crippen LogP contribution in [0, 0.1) is 5.82 Å². The van der Waals surface area contributed by atoms with E-state index >= 15 is 0 Å². The maximum atomic E-state index is 14.3. The van der Waals surface area contributed by atoms with Crippen LogP contribution in [0.2, 0.25) is 5.02 Å². The van der Waals surface area contributed by atoms with Gasteiger partial charge in [0.25, 0.3) is 0 Å². The lowest BCUT2D eigenvalue weighted by Crippen LogP contribution is -2.05. The number of aryl methyl sites for hydroxylation is 1. The Balaban J connectivity index is 2.29. The second kappa shape index (κ2) is 7.29. The van der Waals surface area contributed by atoms with E-state index < -0.39 is 17.6 Å². The van der Waals surface area contributed by atoms with Gasteiger partial charge >= 0.3 is 6.18 Å². The quantitative estimate of drug-likeness (QED) is 0.415. The van der Waals surface area contributed by atoms with Crippen LogP contribution < -0.4 is 5.73 Å². The monoisotopic (exact) mass is 384 g/mol. The molecule has 3 rings (SSSR count). The summed E-state index contributed by atoms with van der Waals surface area (Å²) in [5, 5.41) is 0.351. The van der Waals surface area contributed by atoms with Crippen LogP contribution in [0.1, 0.15) is 24.0 Å². The second-order valence-electron chi connectivity index (χ2n) is 6.08. The number of hydrogen-bond donors (Lipinski definition) is 2. The van der Waals surface area contributed by atoms with Crippen molar-refractivity contribution in [1.29, 1.82) is 0 Å². The first-order chi connectivity index (χ1) is 12.3. The Kier molecular flexibility index (Phi) is 5.25. The highest BCUT2D eigenvalue weighted by molar-refractivity contribution is 6.31. The van der Waals surface area contributed by atoms with E-state index in [0.717, 1.165) is 12.5 Å². The number of H-pyrrole nitrogens is 1. The molecule has 0 aliphatic rings. The molecule has 0 aliphatic carbocycles. The largest absolute Gasteiger partial charge is 0.418 e. The number of halogens is 5. The van der Waals surface area contributed by atoms with E-state index in [-0.39, 0.29) is 16.1 Å². The van der Waals surface area contributed by atoms with Crippen molar-refractivity contribution in [3.8, 4) is 11.3 Å². The predicted molar refractivity (Wildman–Crippen MR) is 95.7 cm³/mol. The lowest BCUT2D eigenvalue weighted by molar-refractivity contribution is -0.136. The third-order valence-electron chi connectivity index (χ3n) is 4.31. The van der Waals surface area contributed by atoms with E-state index in [1.54, 1.807) is 12.1 Å². The van der Waals surface area contributed by atoms with Gasteiger partial charge in [0.1, 0.15) is 5.82 Å². The molecule has 0 radical (unpaired) electrons. The molecule has 0 atom stereocenters. The summed E-state index contributed by atoms with van der Waals surface area (Å²) < 4.78 is 54.7. The lowest BCUT2D eigenvalue weighted by Gasteiger charge is -2.09. The average Bonchev–Trinajstić information content (AvgIpc) is 2.92. The van der Waals surface area contributed by atoms with Gasteiger partial charge in [0.2, 0.25) is 0 Å². The Bertz CT molecular complexity index is 931. The first kappa shape index (κ1) is 18.7. The smallest absolute Gasteiger partial charge is 0.354 e. The van der Waals surface area contributed by atoms with Gasteiger partial charge in [-0.05, 0) is 55.6 Å². The van der Waals surface area contributed by atoms with Gasteiger partial charge in [0.15, 0.2) is 0 Å². The number of hydrogen-bond acceptors (Lipinski definition) is 1. The van der Waals surface area contributed by atoms with Crippen LogP contribution in [-0.4, -0.2) is 11.5 Å². The number of fused-ring (bicyclic) bond motifs is 1. The molecule has 2 nitrogen and oxygen atoms in total. The Morgan fingerprint density at radius 3 is 2.46 bits per heavy atom. The molecule has 138 valence electrons. The van der Waals surface area contributed by atoms with Gasteiger partial charge < -0.3 is 10.7 Å². The highest BCUT2D eigenvalue weighted by Crippen LogP contribution is 2.41. The van der Waals surface area contributed by atoms with Gasteiger partial charge in [0, 0.05) is 16.0 Å². The van der Waals surface area contributed by atoms with Gasteiger partial charge in [-0.15, -0.1) is 0 Å². The van der Waals surface area contributed by atoms with Crippen molar-refractivity contribution >= 4 is 22.5 Å². The van der Waals surface area contributed by atoms with Crippen LogP contribution in [0.5, 0.6) is 0 Å². The number of benzene rings is 2. The van der Waals surface area contributed by atoms with Crippen molar-refractivity contribution in [3.05, 3.63) is 58.4 Å². The van der Waals surface area contributed by atoms with E-state index in [1.807, 2.05) is 0 Å². The van der Waals surface area contributed by atoms with Crippen molar-refractivity contribution in [2.24, 2.45) is 5.73 Å². The Morgan fingerprint density at radius 2 is 1.81 bits per heavy atom. The Morgan fingerprint density at radius 1 is 1.08 bits per heavy atom. The van der Waals surface area contributed by atoms with Crippen LogP contribution in [-0.2, 0) is 12.6 Å². The number of aromatic amines is 1. The summed E-state index contributed by atoms with van der Waals surface area (Å²) in [7, 11) is 0. The van der Waals surface area contributed by atoms with Gasteiger partial charge in [-0.1, -0.05) is 23.7 Å². The van der Waals surface area contributed by atoms with Gasteiger partial charge in [-0.3, -0.25) is 0 Å². The molecule has 0 saturated carbocycles. The summed E-state index contributed by atoms with van der Waals surface area (Å²) in [4.78, 5) is 2.80. The van der Waals surface area contributed by atoms with Crippen molar-refractivity contribution in [2.45, 2.75) is 25.4 Å². The second-order valence-corrected chi connectivity index (χ2v) is 6.51. The van der Waals surface area contributed by atoms with E-state index in [9.17, 15) is 17.6 Å². The molecule has 0 aliphatic heterocycles. The maximum Gasteiger partial charge on any atom is 0.418 e. The summed E-state index contributed by atoms with van der Waals surface area (Å²) in [5.74, 6) is -0.501. The molecule has 0 amide bonds. The van der Waals surface area contributed by atoms with Crippen molar-refractivity contribution in [2.75, 3.05) is 6.54 Å². The molecule has 7 heteroatoms. The van der Waals surface area contributed by atoms with Crippen LogP contribution in [0.25, 0.3) is 22.2 Å². The summed E-state index contributed by atoms with van der Waals surface area (Å²) in [6.07, 6.45) is -2.71. The minimum absolute atomic E-state index is 0.0102. The minimum atomic E-state index is -4.57. The zero-order chi connectivity index (χ0) is 18.9.